The lowest BCUT2D eigenvalue weighted by atomic mass is 10.0. The minimum atomic E-state index is 0.874. The maximum Gasteiger partial charge on any atom is -0.00118 e. The molecule has 0 rings (SSSR count). The molecule has 1 nitrogen and oxygen atoms in total. The van der Waals surface area contributed by atoms with Gasteiger partial charge in [0.05, 0.1) is 0 Å². The zero-order chi connectivity index (χ0) is 11.5. The Bertz CT molecular complexity index is 149. The molecule has 0 aliphatic heterocycles. The summed E-state index contributed by atoms with van der Waals surface area (Å²) in [6, 6.07) is 0. The quantitative estimate of drug-likeness (QED) is 0.423. The van der Waals surface area contributed by atoms with Gasteiger partial charge in [-0.2, -0.15) is 0 Å². The lowest BCUT2D eigenvalue weighted by Crippen LogP contribution is -2.16. The molecule has 0 atom stereocenters. The molecule has 0 spiro atoms. The molecule has 0 aromatic rings. The fraction of sp³-hybridized carbons (Fsp3) is 0.857. The number of nitrogens with one attached hydrogen (secondary N) is 1. The van der Waals surface area contributed by atoms with Crippen LogP contribution in [-0.4, -0.2) is 13.1 Å². The smallest absolute Gasteiger partial charge is 0.00118 e. The summed E-state index contributed by atoms with van der Waals surface area (Å²) in [6.45, 7) is 12.9. The van der Waals surface area contributed by atoms with Crippen LogP contribution in [0.4, 0.5) is 0 Å². The first-order valence-corrected chi connectivity index (χ1v) is 6.48. The second-order valence-electron chi connectivity index (χ2n) is 5.05. The Hall–Kier alpha value is -0.300. The summed E-state index contributed by atoms with van der Waals surface area (Å²) in [6.07, 6.45) is 8.03. The van der Waals surface area contributed by atoms with E-state index < -0.39 is 0 Å². The van der Waals surface area contributed by atoms with Crippen LogP contribution in [0.3, 0.4) is 0 Å². The average Bonchev–Trinajstić information content (AvgIpc) is 2.14. The van der Waals surface area contributed by atoms with E-state index in [9.17, 15) is 0 Å². The van der Waals surface area contributed by atoms with Crippen molar-refractivity contribution >= 4 is 0 Å². The topological polar surface area (TPSA) is 12.0 Å². The average molecular weight is 211 g/mol. The Morgan fingerprint density at radius 1 is 1.07 bits per heavy atom. The van der Waals surface area contributed by atoms with Gasteiger partial charge in [0.25, 0.3) is 0 Å². The second kappa shape index (κ2) is 10.2. The minimum Gasteiger partial charge on any atom is -0.316 e. The lowest BCUT2D eigenvalue weighted by molar-refractivity contribution is 0.512. The van der Waals surface area contributed by atoms with E-state index in [2.05, 4.69) is 32.7 Å². The summed E-state index contributed by atoms with van der Waals surface area (Å²) in [5.74, 6) is 0.874. The van der Waals surface area contributed by atoms with Crippen molar-refractivity contribution in [2.75, 3.05) is 13.1 Å². The maximum atomic E-state index is 3.89. The lowest BCUT2D eigenvalue weighted by Gasteiger charge is -2.05. The fourth-order valence-corrected chi connectivity index (χ4v) is 1.58. The number of unbranched alkanes of at least 4 members (excludes halogenated alkanes) is 3. The summed E-state index contributed by atoms with van der Waals surface area (Å²) in [5.41, 5.74) is 1.28. The summed E-state index contributed by atoms with van der Waals surface area (Å²) in [4.78, 5) is 0. The van der Waals surface area contributed by atoms with E-state index in [1.54, 1.807) is 0 Å². The van der Waals surface area contributed by atoms with Crippen molar-refractivity contribution in [2.45, 2.75) is 59.3 Å². The van der Waals surface area contributed by atoms with Gasteiger partial charge >= 0.3 is 0 Å². The Labute approximate surface area is 96.3 Å². The highest BCUT2D eigenvalue weighted by molar-refractivity contribution is 4.87. The number of hydrogen-bond acceptors (Lipinski definition) is 1. The van der Waals surface area contributed by atoms with Crippen LogP contribution >= 0.6 is 0 Å². The molecule has 90 valence electrons. The molecule has 1 heteroatoms. The highest BCUT2D eigenvalue weighted by atomic mass is 14.8. The molecule has 0 unspecified atom stereocenters. The number of hydrogen-bond donors (Lipinski definition) is 1. The molecular weight excluding hydrogens is 182 g/mol. The molecule has 0 aliphatic carbocycles. The molecule has 0 bridgehead atoms. The Balaban J connectivity index is 2.96. The summed E-state index contributed by atoms with van der Waals surface area (Å²) < 4.78 is 0. The van der Waals surface area contributed by atoms with E-state index in [-0.39, 0.29) is 0 Å². The SMILES string of the molecule is C=C(C)CCNCCCCCCC(C)C. The molecule has 0 radical (unpaired) electrons. The molecular formula is C14H29N. The van der Waals surface area contributed by atoms with Crippen molar-refractivity contribution in [1.82, 2.24) is 5.32 Å². The largest absolute Gasteiger partial charge is 0.316 e. The molecule has 0 saturated heterocycles. The van der Waals surface area contributed by atoms with Gasteiger partial charge < -0.3 is 5.32 Å². The van der Waals surface area contributed by atoms with Crippen LogP contribution in [0.1, 0.15) is 59.3 Å². The van der Waals surface area contributed by atoms with Crippen LogP contribution in [0.5, 0.6) is 0 Å². The third kappa shape index (κ3) is 13.7. The van der Waals surface area contributed by atoms with E-state index in [0.29, 0.717) is 0 Å². The molecule has 0 heterocycles. The van der Waals surface area contributed by atoms with Crippen LogP contribution in [0, 0.1) is 5.92 Å². The first kappa shape index (κ1) is 14.7. The molecule has 0 aliphatic rings. The highest BCUT2D eigenvalue weighted by Gasteiger charge is 1.94. The van der Waals surface area contributed by atoms with E-state index in [1.165, 1.54) is 44.2 Å². The minimum absolute atomic E-state index is 0.874. The van der Waals surface area contributed by atoms with Crippen molar-refractivity contribution in [2.24, 2.45) is 5.92 Å². The van der Waals surface area contributed by atoms with Crippen molar-refractivity contribution in [3.05, 3.63) is 12.2 Å². The van der Waals surface area contributed by atoms with Crippen molar-refractivity contribution in [3.8, 4) is 0 Å². The van der Waals surface area contributed by atoms with Gasteiger partial charge in [0, 0.05) is 0 Å². The Kier molecular flexibility index (Phi) is 10.0. The van der Waals surface area contributed by atoms with Gasteiger partial charge in [-0.1, -0.05) is 45.1 Å². The van der Waals surface area contributed by atoms with Gasteiger partial charge in [-0.3, -0.25) is 0 Å². The van der Waals surface area contributed by atoms with Gasteiger partial charge in [0.2, 0.25) is 0 Å². The highest BCUT2D eigenvalue weighted by Crippen LogP contribution is 2.08. The Morgan fingerprint density at radius 3 is 2.33 bits per heavy atom. The standard InChI is InChI=1S/C14H29N/c1-13(2)9-7-5-6-8-11-15-12-10-14(3)4/h13,15H,3,5-12H2,1-2,4H3. The normalized spacial score (nSPS) is 10.9. The molecule has 0 amide bonds. The van der Waals surface area contributed by atoms with Crippen LogP contribution in [0.2, 0.25) is 0 Å². The van der Waals surface area contributed by atoms with Crippen LogP contribution in [-0.2, 0) is 0 Å². The first-order chi connectivity index (χ1) is 7.13. The molecule has 0 saturated carbocycles. The molecule has 15 heavy (non-hydrogen) atoms. The van der Waals surface area contributed by atoms with E-state index in [4.69, 9.17) is 0 Å². The molecule has 1 N–H and O–H groups in total. The predicted molar refractivity (Wildman–Crippen MR) is 70.2 cm³/mol. The van der Waals surface area contributed by atoms with Crippen LogP contribution in [0.15, 0.2) is 12.2 Å². The summed E-state index contributed by atoms with van der Waals surface area (Å²) in [7, 11) is 0. The number of rotatable bonds is 10. The molecule has 0 aromatic heterocycles. The van der Waals surface area contributed by atoms with Gasteiger partial charge in [-0.05, 0) is 38.8 Å². The maximum absolute atomic E-state index is 3.89. The van der Waals surface area contributed by atoms with E-state index in [0.717, 1.165) is 18.9 Å². The first-order valence-electron chi connectivity index (χ1n) is 6.48. The Morgan fingerprint density at radius 2 is 1.73 bits per heavy atom. The predicted octanol–water partition coefficient (Wildman–Crippen LogP) is 4.15. The van der Waals surface area contributed by atoms with Crippen LogP contribution < -0.4 is 5.32 Å². The zero-order valence-corrected chi connectivity index (χ0v) is 10.9. The van der Waals surface area contributed by atoms with Crippen molar-refractivity contribution in [1.29, 1.82) is 0 Å². The summed E-state index contributed by atoms with van der Waals surface area (Å²) in [5, 5.41) is 3.46. The third-order valence-electron chi connectivity index (χ3n) is 2.61. The van der Waals surface area contributed by atoms with E-state index >= 15 is 0 Å². The van der Waals surface area contributed by atoms with Crippen molar-refractivity contribution in [3.63, 3.8) is 0 Å². The molecule has 0 fully saturated rings. The zero-order valence-electron chi connectivity index (χ0n) is 10.9. The summed E-state index contributed by atoms with van der Waals surface area (Å²) >= 11 is 0. The van der Waals surface area contributed by atoms with Crippen molar-refractivity contribution < 1.29 is 0 Å². The molecule has 0 aromatic carbocycles. The van der Waals surface area contributed by atoms with Gasteiger partial charge in [0.1, 0.15) is 0 Å². The van der Waals surface area contributed by atoms with Crippen LogP contribution in [0.25, 0.3) is 0 Å². The second-order valence-corrected chi connectivity index (χ2v) is 5.05. The monoisotopic (exact) mass is 211 g/mol. The van der Waals surface area contributed by atoms with E-state index in [1.807, 2.05) is 0 Å². The van der Waals surface area contributed by atoms with Gasteiger partial charge in [0.15, 0.2) is 0 Å². The van der Waals surface area contributed by atoms with Gasteiger partial charge in [-0.25, -0.2) is 0 Å². The third-order valence-corrected chi connectivity index (χ3v) is 2.61. The van der Waals surface area contributed by atoms with Gasteiger partial charge in [-0.15, -0.1) is 6.58 Å². The fourth-order valence-electron chi connectivity index (χ4n) is 1.58.